The monoisotopic (exact) mass is 192 g/mol. The first-order chi connectivity index (χ1) is 6.95. The highest BCUT2D eigenvalue weighted by Crippen LogP contribution is 2.37. The Balaban J connectivity index is 1.82. The topological polar surface area (TPSA) is 42.7 Å². The minimum Gasteiger partial charge on any atom is -0.313 e. The molecule has 1 N–H and O–H groups in total. The van der Waals surface area contributed by atoms with E-state index in [0.29, 0.717) is 12.1 Å². The number of rotatable bonds is 2. The highest BCUT2D eigenvalue weighted by Gasteiger charge is 2.29. The Kier molecular flexibility index (Phi) is 2.01. The van der Waals surface area contributed by atoms with Gasteiger partial charge in [-0.3, -0.25) is 0 Å². The van der Waals surface area contributed by atoms with Crippen LogP contribution in [0.4, 0.5) is 0 Å². The summed E-state index contributed by atoms with van der Waals surface area (Å²) in [6.07, 6.45) is 8.33. The van der Waals surface area contributed by atoms with Gasteiger partial charge in [0, 0.05) is 6.04 Å². The molecule has 2 fully saturated rings. The van der Waals surface area contributed by atoms with E-state index < -0.39 is 0 Å². The summed E-state index contributed by atoms with van der Waals surface area (Å²) in [5.41, 5.74) is 0. The van der Waals surface area contributed by atoms with Gasteiger partial charge < -0.3 is 9.88 Å². The highest BCUT2D eigenvalue weighted by atomic mass is 15.3. The molecule has 2 aliphatic rings. The van der Waals surface area contributed by atoms with Gasteiger partial charge in [-0.2, -0.15) is 0 Å². The SMILES string of the molecule is c1nnc([C@@H]2CCCCN2)n1C1CC1. The smallest absolute Gasteiger partial charge is 0.150 e. The van der Waals surface area contributed by atoms with Gasteiger partial charge in [-0.1, -0.05) is 6.42 Å². The van der Waals surface area contributed by atoms with E-state index in [-0.39, 0.29) is 0 Å². The maximum Gasteiger partial charge on any atom is 0.150 e. The van der Waals surface area contributed by atoms with Crippen molar-refractivity contribution in [3.05, 3.63) is 12.2 Å². The summed E-state index contributed by atoms with van der Waals surface area (Å²) < 4.78 is 2.27. The molecular weight excluding hydrogens is 176 g/mol. The minimum absolute atomic E-state index is 0.451. The molecular formula is C10H16N4. The average molecular weight is 192 g/mol. The highest BCUT2D eigenvalue weighted by molar-refractivity contribution is 5.01. The molecule has 4 nitrogen and oxygen atoms in total. The first-order valence-corrected chi connectivity index (χ1v) is 5.58. The molecule has 0 unspecified atom stereocenters. The van der Waals surface area contributed by atoms with Crippen LogP contribution in [0.25, 0.3) is 0 Å². The average Bonchev–Trinajstić information content (AvgIpc) is 2.98. The first kappa shape index (κ1) is 8.41. The molecule has 76 valence electrons. The van der Waals surface area contributed by atoms with Gasteiger partial charge in [0.1, 0.15) is 12.2 Å². The minimum atomic E-state index is 0.451. The summed E-state index contributed by atoms with van der Waals surface area (Å²) in [5.74, 6) is 1.16. The molecule has 0 radical (unpaired) electrons. The molecule has 4 heteroatoms. The van der Waals surface area contributed by atoms with E-state index in [1.165, 1.54) is 32.1 Å². The fourth-order valence-corrected chi connectivity index (χ4v) is 2.21. The predicted molar refractivity (Wildman–Crippen MR) is 52.9 cm³/mol. The van der Waals surface area contributed by atoms with Crippen molar-refractivity contribution in [2.75, 3.05) is 6.54 Å². The lowest BCUT2D eigenvalue weighted by atomic mass is 10.0. The molecule has 3 rings (SSSR count). The molecule has 0 amide bonds. The summed E-state index contributed by atoms with van der Waals surface area (Å²) in [7, 11) is 0. The molecule has 2 heterocycles. The number of nitrogens with zero attached hydrogens (tertiary/aromatic N) is 3. The van der Waals surface area contributed by atoms with Crippen molar-refractivity contribution in [1.29, 1.82) is 0 Å². The third kappa shape index (κ3) is 1.43. The van der Waals surface area contributed by atoms with Gasteiger partial charge in [-0.15, -0.1) is 10.2 Å². The standard InChI is InChI=1S/C10H16N4/c1-2-6-11-9(3-1)10-13-12-7-14(10)8-4-5-8/h7-9,11H,1-6H2/t9-/m0/s1. The second-order valence-corrected chi connectivity index (χ2v) is 4.33. The van der Waals surface area contributed by atoms with Gasteiger partial charge in [0.05, 0.1) is 6.04 Å². The third-order valence-electron chi connectivity index (χ3n) is 3.16. The number of piperidine rings is 1. The fraction of sp³-hybridized carbons (Fsp3) is 0.800. The Morgan fingerprint density at radius 3 is 2.93 bits per heavy atom. The molecule has 0 bridgehead atoms. The van der Waals surface area contributed by atoms with Gasteiger partial charge in [0.15, 0.2) is 0 Å². The molecule has 0 aromatic carbocycles. The van der Waals surface area contributed by atoms with Crippen LogP contribution >= 0.6 is 0 Å². The van der Waals surface area contributed by atoms with E-state index in [9.17, 15) is 0 Å². The number of hydrogen-bond donors (Lipinski definition) is 1. The zero-order valence-corrected chi connectivity index (χ0v) is 8.32. The van der Waals surface area contributed by atoms with Crippen LogP contribution in [-0.4, -0.2) is 21.3 Å². The molecule has 0 spiro atoms. The zero-order valence-electron chi connectivity index (χ0n) is 8.32. The van der Waals surface area contributed by atoms with Crippen LogP contribution in [0.1, 0.15) is 50.0 Å². The Bertz CT molecular complexity index is 310. The molecule has 1 aromatic heterocycles. The van der Waals surface area contributed by atoms with Crippen LogP contribution in [0, 0.1) is 0 Å². The Morgan fingerprint density at radius 2 is 2.21 bits per heavy atom. The molecule has 14 heavy (non-hydrogen) atoms. The third-order valence-corrected chi connectivity index (χ3v) is 3.16. The van der Waals surface area contributed by atoms with E-state index in [1.807, 2.05) is 6.33 Å². The van der Waals surface area contributed by atoms with Gasteiger partial charge in [0.2, 0.25) is 0 Å². The van der Waals surface area contributed by atoms with E-state index >= 15 is 0 Å². The van der Waals surface area contributed by atoms with Crippen LogP contribution in [0.3, 0.4) is 0 Å². The largest absolute Gasteiger partial charge is 0.313 e. The van der Waals surface area contributed by atoms with Gasteiger partial charge in [0.25, 0.3) is 0 Å². The number of aromatic nitrogens is 3. The molecule has 1 atom stereocenters. The van der Waals surface area contributed by atoms with E-state index in [1.54, 1.807) is 0 Å². The van der Waals surface area contributed by atoms with Crippen molar-refractivity contribution in [1.82, 2.24) is 20.1 Å². The first-order valence-electron chi connectivity index (χ1n) is 5.58. The summed E-state index contributed by atoms with van der Waals surface area (Å²) in [6.45, 7) is 1.13. The van der Waals surface area contributed by atoms with Crippen LogP contribution < -0.4 is 5.32 Å². The quantitative estimate of drug-likeness (QED) is 0.770. The summed E-state index contributed by atoms with van der Waals surface area (Å²) in [5, 5.41) is 11.8. The predicted octanol–water partition coefficient (Wildman–Crippen LogP) is 1.43. The van der Waals surface area contributed by atoms with E-state index in [2.05, 4.69) is 20.1 Å². The maximum atomic E-state index is 4.25. The molecule has 1 saturated carbocycles. The van der Waals surface area contributed by atoms with Crippen molar-refractivity contribution in [2.45, 2.75) is 44.2 Å². The van der Waals surface area contributed by atoms with E-state index in [0.717, 1.165) is 12.4 Å². The van der Waals surface area contributed by atoms with Gasteiger partial charge in [-0.05, 0) is 32.2 Å². The molecule has 1 aliphatic carbocycles. The van der Waals surface area contributed by atoms with Crippen molar-refractivity contribution in [3.8, 4) is 0 Å². The number of nitrogens with one attached hydrogen (secondary N) is 1. The van der Waals surface area contributed by atoms with E-state index in [4.69, 9.17) is 0 Å². The fourth-order valence-electron chi connectivity index (χ4n) is 2.21. The van der Waals surface area contributed by atoms with Crippen LogP contribution in [0.15, 0.2) is 6.33 Å². The second-order valence-electron chi connectivity index (χ2n) is 4.33. The molecule has 1 aliphatic heterocycles. The van der Waals surface area contributed by atoms with Crippen LogP contribution in [0.5, 0.6) is 0 Å². The second kappa shape index (κ2) is 3.35. The molecule has 1 aromatic rings. The maximum absolute atomic E-state index is 4.25. The Labute approximate surface area is 83.7 Å². The van der Waals surface area contributed by atoms with Crippen molar-refractivity contribution < 1.29 is 0 Å². The van der Waals surface area contributed by atoms with Gasteiger partial charge >= 0.3 is 0 Å². The van der Waals surface area contributed by atoms with Gasteiger partial charge in [-0.25, -0.2) is 0 Å². The number of hydrogen-bond acceptors (Lipinski definition) is 3. The summed E-state index contributed by atoms with van der Waals surface area (Å²) in [4.78, 5) is 0. The Morgan fingerprint density at radius 1 is 1.29 bits per heavy atom. The van der Waals surface area contributed by atoms with Crippen LogP contribution in [0.2, 0.25) is 0 Å². The Hall–Kier alpha value is -0.900. The normalized spacial score (nSPS) is 27.9. The molecule has 1 saturated heterocycles. The van der Waals surface area contributed by atoms with Crippen molar-refractivity contribution in [2.24, 2.45) is 0 Å². The lowest BCUT2D eigenvalue weighted by Crippen LogP contribution is -2.29. The van der Waals surface area contributed by atoms with Crippen LogP contribution in [-0.2, 0) is 0 Å². The van der Waals surface area contributed by atoms with Crippen molar-refractivity contribution >= 4 is 0 Å². The summed E-state index contributed by atoms with van der Waals surface area (Å²) in [6, 6.07) is 1.15. The zero-order chi connectivity index (χ0) is 9.38. The summed E-state index contributed by atoms with van der Waals surface area (Å²) >= 11 is 0. The lowest BCUT2D eigenvalue weighted by molar-refractivity contribution is 0.385. The lowest BCUT2D eigenvalue weighted by Gasteiger charge is -2.22. The van der Waals surface area contributed by atoms with Crippen molar-refractivity contribution in [3.63, 3.8) is 0 Å².